The van der Waals surface area contributed by atoms with Gasteiger partial charge in [-0.15, -0.1) is 11.3 Å². The highest BCUT2D eigenvalue weighted by molar-refractivity contribution is 7.13. The summed E-state index contributed by atoms with van der Waals surface area (Å²) >= 11 is 13.6. The van der Waals surface area contributed by atoms with E-state index in [9.17, 15) is 4.79 Å². The fraction of sp³-hybridized carbons (Fsp3) is 0.0476. The standard InChI is InChI=1S/C21H14Cl2N6OS/c22-16-4-3-13(8-17(16)23)11-28-12-14(9-25-28)27-21(30)15-10-26-29-18(5-6-24-20(15)29)19-2-1-7-31-19/h1-10,12H,11H2,(H,27,30). The van der Waals surface area contributed by atoms with Crippen molar-refractivity contribution < 1.29 is 4.79 Å². The van der Waals surface area contributed by atoms with Crippen LogP contribution >= 0.6 is 34.5 Å². The lowest BCUT2D eigenvalue weighted by Crippen LogP contribution is -2.11. The Labute approximate surface area is 190 Å². The van der Waals surface area contributed by atoms with Gasteiger partial charge in [0.1, 0.15) is 5.56 Å². The van der Waals surface area contributed by atoms with Gasteiger partial charge >= 0.3 is 0 Å². The Morgan fingerprint density at radius 3 is 2.81 bits per heavy atom. The number of carbonyl (C=O) groups is 1. The summed E-state index contributed by atoms with van der Waals surface area (Å²) in [6.45, 7) is 0.495. The second-order valence-corrected chi connectivity index (χ2v) is 8.49. The number of carbonyl (C=O) groups excluding carboxylic acids is 1. The summed E-state index contributed by atoms with van der Waals surface area (Å²) < 4.78 is 3.38. The molecule has 154 valence electrons. The summed E-state index contributed by atoms with van der Waals surface area (Å²) in [4.78, 5) is 18.3. The van der Waals surface area contributed by atoms with Crippen molar-refractivity contribution >= 4 is 51.8 Å². The van der Waals surface area contributed by atoms with Crippen LogP contribution in [-0.4, -0.2) is 30.3 Å². The fourth-order valence-electron chi connectivity index (χ4n) is 3.20. The van der Waals surface area contributed by atoms with Gasteiger partial charge in [-0.2, -0.15) is 10.2 Å². The molecule has 0 saturated carbocycles. The van der Waals surface area contributed by atoms with Gasteiger partial charge in [0.2, 0.25) is 0 Å². The Balaban J connectivity index is 1.36. The number of benzene rings is 1. The van der Waals surface area contributed by atoms with E-state index in [0.717, 1.165) is 16.1 Å². The number of nitrogens with zero attached hydrogens (tertiary/aromatic N) is 5. The van der Waals surface area contributed by atoms with E-state index in [0.29, 0.717) is 33.5 Å². The van der Waals surface area contributed by atoms with Gasteiger partial charge in [-0.25, -0.2) is 9.50 Å². The van der Waals surface area contributed by atoms with Crippen molar-refractivity contribution in [3.05, 3.63) is 87.7 Å². The van der Waals surface area contributed by atoms with Gasteiger partial charge in [0, 0.05) is 12.4 Å². The second-order valence-electron chi connectivity index (χ2n) is 6.73. The Morgan fingerprint density at radius 2 is 2.00 bits per heavy atom. The molecule has 1 amide bonds. The van der Waals surface area contributed by atoms with Gasteiger partial charge in [0.05, 0.1) is 45.2 Å². The van der Waals surface area contributed by atoms with Gasteiger partial charge in [0.15, 0.2) is 5.65 Å². The predicted molar refractivity (Wildman–Crippen MR) is 122 cm³/mol. The smallest absolute Gasteiger partial charge is 0.261 e. The van der Waals surface area contributed by atoms with Crippen LogP contribution in [-0.2, 0) is 6.54 Å². The quantitative estimate of drug-likeness (QED) is 0.381. The Hall–Kier alpha value is -3.20. The topological polar surface area (TPSA) is 77.1 Å². The van der Waals surface area contributed by atoms with Crippen LogP contribution in [0.1, 0.15) is 15.9 Å². The van der Waals surface area contributed by atoms with E-state index in [1.807, 2.05) is 29.6 Å². The van der Waals surface area contributed by atoms with Crippen molar-refractivity contribution in [1.82, 2.24) is 24.4 Å². The highest BCUT2D eigenvalue weighted by atomic mass is 35.5. The molecule has 0 aliphatic carbocycles. The van der Waals surface area contributed by atoms with Gasteiger partial charge in [-0.05, 0) is 35.2 Å². The minimum absolute atomic E-state index is 0.306. The molecule has 0 fully saturated rings. The van der Waals surface area contributed by atoms with Crippen molar-refractivity contribution in [2.24, 2.45) is 0 Å². The lowest BCUT2D eigenvalue weighted by atomic mass is 10.2. The number of nitrogens with one attached hydrogen (secondary N) is 1. The monoisotopic (exact) mass is 468 g/mol. The van der Waals surface area contributed by atoms with Crippen LogP contribution < -0.4 is 5.32 Å². The lowest BCUT2D eigenvalue weighted by molar-refractivity contribution is 0.102. The Bertz CT molecular complexity index is 1390. The number of aromatic nitrogens is 5. The highest BCUT2D eigenvalue weighted by Crippen LogP contribution is 2.26. The summed E-state index contributed by atoms with van der Waals surface area (Å²) in [5.74, 6) is -0.306. The molecular weight excluding hydrogens is 455 g/mol. The molecule has 0 aliphatic heterocycles. The maximum absolute atomic E-state index is 12.9. The number of fused-ring (bicyclic) bond motifs is 1. The predicted octanol–water partition coefficient (Wildman–Crippen LogP) is 5.26. The lowest BCUT2D eigenvalue weighted by Gasteiger charge is -2.04. The first-order valence-corrected chi connectivity index (χ1v) is 10.9. The molecule has 7 nitrogen and oxygen atoms in total. The molecule has 31 heavy (non-hydrogen) atoms. The van der Waals surface area contributed by atoms with E-state index in [1.165, 1.54) is 6.20 Å². The summed E-state index contributed by atoms with van der Waals surface area (Å²) in [7, 11) is 0. The summed E-state index contributed by atoms with van der Waals surface area (Å²) in [6, 6.07) is 11.3. The van der Waals surface area contributed by atoms with E-state index in [2.05, 4.69) is 20.5 Å². The zero-order valence-corrected chi connectivity index (χ0v) is 18.2. The number of halogens is 2. The van der Waals surface area contributed by atoms with Gasteiger partial charge in [0.25, 0.3) is 5.91 Å². The van der Waals surface area contributed by atoms with E-state index >= 15 is 0 Å². The fourth-order valence-corrected chi connectivity index (χ4v) is 4.26. The van der Waals surface area contributed by atoms with Crippen molar-refractivity contribution in [3.63, 3.8) is 0 Å². The Morgan fingerprint density at radius 1 is 1.10 bits per heavy atom. The van der Waals surface area contributed by atoms with Gasteiger partial charge in [-0.1, -0.05) is 35.3 Å². The van der Waals surface area contributed by atoms with Crippen LogP contribution in [0.15, 0.2) is 66.6 Å². The third kappa shape index (κ3) is 3.93. The highest BCUT2D eigenvalue weighted by Gasteiger charge is 2.17. The molecule has 0 unspecified atom stereocenters. The van der Waals surface area contributed by atoms with Gasteiger partial charge in [-0.3, -0.25) is 9.48 Å². The van der Waals surface area contributed by atoms with E-state index in [4.69, 9.17) is 23.2 Å². The molecule has 4 heterocycles. The first kappa shape index (κ1) is 19.7. The number of rotatable bonds is 5. The number of thiophene rings is 1. The van der Waals surface area contributed by atoms with E-state index in [-0.39, 0.29) is 5.91 Å². The number of anilines is 1. The van der Waals surface area contributed by atoms with Crippen LogP contribution in [0.2, 0.25) is 10.0 Å². The molecule has 0 saturated heterocycles. The molecule has 0 bridgehead atoms. The van der Waals surface area contributed by atoms with E-state index in [1.54, 1.807) is 51.3 Å². The van der Waals surface area contributed by atoms with Crippen molar-refractivity contribution in [2.75, 3.05) is 5.32 Å². The zero-order chi connectivity index (χ0) is 21.4. The molecule has 1 N–H and O–H groups in total. The van der Waals surface area contributed by atoms with Crippen molar-refractivity contribution in [1.29, 1.82) is 0 Å². The average molecular weight is 469 g/mol. The maximum atomic E-state index is 12.9. The first-order valence-electron chi connectivity index (χ1n) is 9.23. The number of hydrogen-bond acceptors (Lipinski definition) is 5. The molecule has 0 atom stereocenters. The largest absolute Gasteiger partial charge is 0.319 e. The third-order valence-electron chi connectivity index (χ3n) is 4.64. The van der Waals surface area contributed by atoms with Crippen molar-refractivity contribution in [2.45, 2.75) is 6.54 Å². The SMILES string of the molecule is O=C(Nc1cnn(Cc2ccc(Cl)c(Cl)c2)c1)c1cnn2c(-c3cccs3)ccnc12. The average Bonchev–Trinajstić information content (AvgIpc) is 3.51. The molecule has 0 spiro atoms. The molecule has 4 aromatic heterocycles. The molecule has 5 rings (SSSR count). The van der Waals surface area contributed by atoms with Crippen LogP contribution in [0.3, 0.4) is 0 Å². The summed E-state index contributed by atoms with van der Waals surface area (Å²) in [5.41, 5.74) is 3.28. The third-order valence-corrected chi connectivity index (χ3v) is 6.27. The minimum Gasteiger partial charge on any atom is -0.319 e. The molecule has 0 radical (unpaired) electrons. The van der Waals surface area contributed by atoms with Crippen LogP contribution in [0, 0.1) is 0 Å². The molecular formula is C21H14Cl2N6OS. The van der Waals surface area contributed by atoms with E-state index < -0.39 is 0 Å². The van der Waals surface area contributed by atoms with Crippen LogP contribution in [0.25, 0.3) is 16.2 Å². The Kier molecular flexibility index (Phi) is 5.19. The number of hydrogen-bond donors (Lipinski definition) is 1. The minimum atomic E-state index is -0.306. The second kappa shape index (κ2) is 8.14. The number of amides is 1. The molecule has 5 aromatic rings. The van der Waals surface area contributed by atoms with Crippen LogP contribution in [0.4, 0.5) is 5.69 Å². The summed E-state index contributed by atoms with van der Waals surface area (Å²) in [5, 5.41) is 14.5. The molecule has 10 heteroatoms. The van der Waals surface area contributed by atoms with Gasteiger partial charge < -0.3 is 5.32 Å². The molecule has 1 aromatic carbocycles. The summed E-state index contributed by atoms with van der Waals surface area (Å²) in [6.07, 6.45) is 6.54. The van der Waals surface area contributed by atoms with Crippen molar-refractivity contribution in [3.8, 4) is 10.6 Å². The van der Waals surface area contributed by atoms with Crippen LogP contribution in [0.5, 0.6) is 0 Å². The zero-order valence-electron chi connectivity index (χ0n) is 15.9. The maximum Gasteiger partial charge on any atom is 0.261 e. The first-order chi connectivity index (χ1) is 15.1. The normalized spacial score (nSPS) is 11.2. The molecule has 0 aliphatic rings.